The van der Waals surface area contributed by atoms with Gasteiger partial charge < -0.3 is 20.4 Å². The lowest BCUT2D eigenvalue weighted by Gasteiger charge is -2.58. The number of fused-ring (bicyclic) bond motifs is 5. The minimum atomic E-state index is -0.494. The van der Waals surface area contributed by atoms with Crippen LogP contribution in [0.1, 0.15) is 72.1 Å². The monoisotopic (exact) mass is 475 g/mol. The molecular formula is C27H45N3O4. The minimum Gasteiger partial charge on any atom is -0.395 e. The van der Waals surface area contributed by atoms with Crippen molar-refractivity contribution in [2.24, 2.45) is 39.7 Å². The number of oxime groups is 1. The molecular weight excluding hydrogens is 430 g/mol. The maximum Gasteiger partial charge on any atom is 0.436 e. The molecule has 7 nitrogen and oxygen atoms in total. The Balaban J connectivity index is 1.45. The molecule has 3 fully saturated rings. The summed E-state index contributed by atoms with van der Waals surface area (Å²) in [7, 11) is 1.83. The third kappa shape index (κ3) is 4.56. The highest BCUT2D eigenvalue weighted by Crippen LogP contribution is 2.66. The van der Waals surface area contributed by atoms with Gasteiger partial charge in [-0.1, -0.05) is 30.7 Å². The number of allylic oxidation sites excluding steroid dienone is 1. The Morgan fingerprint density at radius 3 is 2.71 bits per heavy atom. The highest BCUT2D eigenvalue weighted by atomic mass is 16.7. The number of hydrogen-bond donors (Lipinski definition) is 3. The number of hydrogen-bond acceptors (Lipinski definition) is 6. The zero-order chi connectivity index (χ0) is 24.5. The van der Waals surface area contributed by atoms with Gasteiger partial charge in [0.1, 0.15) is 0 Å². The molecule has 7 atom stereocenters. The molecule has 0 aromatic heterocycles. The summed E-state index contributed by atoms with van der Waals surface area (Å²) in [6.45, 7) is 8.20. The average molecular weight is 476 g/mol. The van der Waals surface area contributed by atoms with Crippen molar-refractivity contribution in [1.82, 2.24) is 10.2 Å². The smallest absolute Gasteiger partial charge is 0.395 e. The van der Waals surface area contributed by atoms with E-state index in [1.807, 2.05) is 14.0 Å². The quantitative estimate of drug-likeness (QED) is 0.224. The summed E-state index contributed by atoms with van der Waals surface area (Å²) in [6.07, 6.45) is 10.6. The molecule has 4 aliphatic carbocycles. The first-order chi connectivity index (χ1) is 16.2. The summed E-state index contributed by atoms with van der Waals surface area (Å²) < 4.78 is 0. The topological polar surface area (TPSA) is 94.4 Å². The predicted molar refractivity (Wildman–Crippen MR) is 133 cm³/mol. The minimum absolute atomic E-state index is 0.0960. The van der Waals surface area contributed by atoms with E-state index in [2.05, 4.69) is 30.4 Å². The van der Waals surface area contributed by atoms with E-state index in [4.69, 9.17) is 4.84 Å². The second-order valence-electron chi connectivity index (χ2n) is 11.7. The van der Waals surface area contributed by atoms with Crippen molar-refractivity contribution < 1.29 is 19.8 Å². The van der Waals surface area contributed by atoms with Crippen molar-refractivity contribution >= 4 is 11.8 Å². The molecule has 192 valence electrons. The fourth-order valence-corrected chi connectivity index (χ4v) is 8.29. The van der Waals surface area contributed by atoms with Gasteiger partial charge >= 0.3 is 6.09 Å². The first kappa shape index (κ1) is 25.6. The standard InChI is InChI=1S/C27H45N3O4/c1-18(29-34-25(33)30(15-16-31)14-13-28-4)22-7-8-23-21-6-5-19-17-20(32)9-11-26(19,2)24(21)10-12-27(22,23)3/h17,20-24,28,31-32H,5-16H2,1-4H3/b29-18+/t20-,21+,22-,23+,24+,26+,27-/m1/s1. The lowest BCUT2D eigenvalue weighted by molar-refractivity contribution is -0.0479. The van der Waals surface area contributed by atoms with Gasteiger partial charge in [-0.2, -0.15) is 0 Å². The first-order valence-electron chi connectivity index (χ1n) is 13.4. The van der Waals surface area contributed by atoms with E-state index in [0.717, 1.165) is 37.3 Å². The highest BCUT2D eigenvalue weighted by Gasteiger charge is 2.59. The van der Waals surface area contributed by atoms with E-state index in [1.165, 1.54) is 36.2 Å². The average Bonchev–Trinajstić information content (AvgIpc) is 3.17. The number of aliphatic hydroxyl groups is 2. The van der Waals surface area contributed by atoms with E-state index in [0.29, 0.717) is 30.8 Å². The van der Waals surface area contributed by atoms with E-state index in [-0.39, 0.29) is 30.1 Å². The second-order valence-corrected chi connectivity index (χ2v) is 11.7. The van der Waals surface area contributed by atoms with Gasteiger partial charge in [-0.3, -0.25) is 4.84 Å². The van der Waals surface area contributed by atoms with Crippen molar-refractivity contribution in [3.63, 3.8) is 0 Å². The Morgan fingerprint density at radius 2 is 1.97 bits per heavy atom. The van der Waals surface area contributed by atoms with Crippen LogP contribution < -0.4 is 5.32 Å². The third-order valence-corrected chi connectivity index (χ3v) is 10.1. The molecule has 3 saturated carbocycles. The highest BCUT2D eigenvalue weighted by molar-refractivity contribution is 5.85. The molecule has 0 spiro atoms. The van der Waals surface area contributed by atoms with Gasteiger partial charge in [0.2, 0.25) is 0 Å². The van der Waals surface area contributed by atoms with E-state index in [9.17, 15) is 15.0 Å². The van der Waals surface area contributed by atoms with Gasteiger partial charge in [0, 0.05) is 25.6 Å². The number of carbonyl (C=O) groups excluding carboxylic acids is 1. The fourth-order valence-electron chi connectivity index (χ4n) is 8.29. The number of nitrogens with one attached hydrogen (secondary N) is 1. The lowest BCUT2D eigenvalue weighted by Crippen LogP contribution is -2.51. The van der Waals surface area contributed by atoms with Crippen LogP contribution in [0.3, 0.4) is 0 Å². The van der Waals surface area contributed by atoms with Crippen LogP contribution in [0.4, 0.5) is 4.79 Å². The Morgan fingerprint density at radius 1 is 1.18 bits per heavy atom. The molecule has 7 heteroatoms. The lowest BCUT2D eigenvalue weighted by atomic mass is 9.46. The molecule has 0 saturated heterocycles. The van der Waals surface area contributed by atoms with Crippen molar-refractivity contribution in [2.45, 2.75) is 78.2 Å². The number of carbonyl (C=O) groups is 1. The van der Waals surface area contributed by atoms with Crippen molar-refractivity contribution in [2.75, 3.05) is 33.3 Å². The van der Waals surface area contributed by atoms with Gasteiger partial charge in [-0.05, 0) is 93.9 Å². The van der Waals surface area contributed by atoms with Gasteiger partial charge in [-0.15, -0.1) is 0 Å². The number of nitrogens with zero attached hydrogens (tertiary/aromatic N) is 2. The molecule has 3 N–H and O–H groups in total. The van der Waals surface area contributed by atoms with Crippen LogP contribution in [0.5, 0.6) is 0 Å². The van der Waals surface area contributed by atoms with Crippen LogP contribution >= 0.6 is 0 Å². The van der Waals surface area contributed by atoms with Crippen LogP contribution in [-0.4, -0.2) is 66.3 Å². The van der Waals surface area contributed by atoms with Crippen LogP contribution in [-0.2, 0) is 4.84 Å². The summed E-state index contributed by atoms with van der Waals surface area (Å²) in [5.41, 5.74) is 2.90. The maximum atomic E-state index is 12.5. The Labute approximate surface area is 205 Å². The molecule has 4 rings (SSSR count). The number of amides is 1. The number of likely N-dealkylation sites (N-methyl/N-ethyl adjacent to an activating group) is 1. The van der Waals surface area contributed by atoms with E-state index >= 15 is 0 Å². The van der Waals surface area contributed by atoms with Gasteiger partial charge in [0.25, 0.3) is 0 Å². The largest absolute Gasteiger partial charge is 0.436 e. The number of aliphatic hydroxyl groups excluding tert-OH is 2. The molecule has 0 heterocycles. The Hall–Kier alpha value is -1.44. The third-order valence-electron chi connectivity index (χ3n) is 10.1. The molecule has 34 heavy (non-hydrogen) atoms. The summed E-state index contributed by atoms with van der Waals surface area (Å²) in [6, 6.07) is 0. The van der Waals surface area contributed by atoms with Gasteiger partial charge in [-0.25, -0.2) is 4.79 Å². The summed E-state index contributed by atoms with van der Waals surface area (Å²) in [4.78, 5) is 19.4. The molecule has 0 radical (unpaired) electrons. The van der Waals surface area contributed by atoms with Gasteiger partial charge in [0.15, 0.2) is 0 Å². The molecule has 0 aliphatic heterocycles. The van der Waals surface area contributed by atoms with Crippen LogP contribution in [0.2, 0.25) is 0 Å². The summed E-state index contributed by atoms with van der Waals surface area (Å²) in [5, 5.41) is 26.8. The van der Waals surface area contributed by atoms with Crippen LogP contribution in [0.15, 0.2) is 16.8 Å². The zero-order valence-corrected chi connectivity index (χ0v) is 21.6. The molecule has 0 aromatic carbocycles. The predicted octanol–water partition coefficient (Wildman–Crippen LogP) is 3.95. The first-order valence-corrected chi connectivity index (χ1v) is 13.4. The molecule has 0 aromatic rings. The van der Waals surface area contributed by atoms with E-state index < -0.39 is 6.09 Å². The summed E-state index contributed by atoms with van der Waals surface area (Å²) in [5.74, 6) is 2.47. The Kier molecular flexibility index (Phi) is 7.75. The second kappa shape index (κ2) is 10.3. The number of rotatable bonds is 7. The molecule has 4 aliphatic rings. The van der Waals surface area contributed by atoms with Crippen LogP contribution in [0.25, 0.3) is 0 Å². The summed E-state index contributed by atoms with van der Waals surface area (Å²) >= 11 is 0. The van der Waals surface area contributed by atoms with Crippen molar-refractivity contribution in [3.8, 4) is 0 Å². The van der Waals surface area contributed by atoms with Crippen LogP contribution in [0, 0.1) is 34.5 Å². The van der Waals surface area contributed by atoms with E-state index in [1.54, 1.807) is 0 Å². The molecule has 1 amide bonds. The maximum absolute atomic E-state index is 12.5. The van der Waals surface area contributed by atoms with Gasteiger partial charge in [0.05, 0.1) is 18.4 Å². The normalized spacial score (nSPS) is 39.5. The van der Waals surface area contributed by atoms with Crippen molar-refractivity contribution in [1.29, 1.82) is 0 Å². The SMILES string of the molecule is CNCCN(CCO)C(=O)O/N=C(\C)[C@H]1CC[C@H]2[C@@H]3CCC4=C[C@H](O)CC[C@]4(C)[C@H]3CC[C@]12C. The molecule has 0 bridgehead atoms. The fraction of sp³-hybridized carbons (Fsp3) is 0.852. The van der Waals surface area contributed by atoms with Crippen molar-refractivity contribution in [3.05, 3.63) is 11.6 Å². The zero-order valence-electron chi connectivity index (χ0n) is 21.6. The Bertz CT molecular complexity index is 814. The molecule has 0 unspecified atom stereocenters.